The molecule has 1 aromatic rings. The second-order valence-electron chi connectivity index (χ2n) is 6.36. The molecule has 3 amide bonds. The van der Waals surface area contributed by atoms with Gasteiger partial charge in [-0.1, -0.05) is 24.3 Å². The molecule has 0 atom stereocenters. The number of piperidine rings is 1. The summed E-state index contributed by atoms with van der Waals surface area (Å²) in [6.07, 6.45) is 8.25. The van der Waals surface area contributed by atoms with Crippen molar-refractivity contribution in [3.63, 3.8) is 0 Å². The molecule has 0 aromatic heterocycles. The Morgan fingerprint density at radius 2 is 1.85 bits per heavy atom. The number of hydrogen-bond donors (Lipinski definition) is 0. The fourth-order valence-corrected chi connectivity index (χ4v) is 3.78. The number of rotatable bonds is 5. The van der Waals surface area contributed by atoms with Gasteiger partial charge in [-0.05, 0) is 54.8 Å². The molecular formula is C20H22N2O4S. The zero-order valence-electron chi connectivity index (χ0n) is 15.2. The van der Waals surface area contributed by atoms with E-state index in [2.05, 4.69) is 0 Å². The molecule has 2 aliphatic heterocycles. The van der Waals surface area contributed by atoms with Crippen molar-refractivity contribution in [2.24, 2.45) is 0 Å². The van der Waals surface area contributed by atoms with Gasteiger partial charge in [-0.25, -0.2) is 0 Å². The fraction of sp³-hybridized carbons (Fsp3) is 0.350. The SMILES string of the molecule is COc1ccc(C=CC=C2SC(=O)N(CC(=O)N3CCCCC3)C2=O)cc1. The number of imide groups is 1. The minimum atomic E-state index is -0.408. The Balaban J connectivity index is 1.61. The smallest absolute Gasteiger partial charge is 0.294 e. The molecule has 6 nitrogen and oxygen atoms in total. The molecule has 2 saturated heterocycles. The van der Waals surface area contributed by atoms with Crippen molar-refractivity contribution in [1.82, 2.24) is 9.80 Å². The molecule has 0 saturated carbocycles. The molecule has 142 valence electrons. The van der Waals surface area contributed by atoms with Crippen LogP contribution in [0.15, 0.2) is 41.3 Å². The highest BCUT2D eigenvalue weighted by atomic mass is 32.2. The van der Waals surface area contributed by atoms with Crippen LogP contribution in [0.25, 0.3) is 6.08 Å². The number of methoxy groups -OCH3 is 1. The number of carbonyl (C=O) groups excluding carboxylic acids is 3. The van der Waals surface area contributed by atoms with Crippen LogP contribution in [0.5, 0.6) is 5.75 Å². The molecule has 3 rings (SSSR count). The number of amides is 3. The molecule has 0 aliphatic carbocycles. The van der Waals surface area contributed by atoms with Gasteiger partial charge in [0.05, 0.1) is 12.0 Å². The van der Waals surface area contributed by atoms with Crippen molar-refractivity contribution in [3.05, 3.63) is 46.9 Å². The van der Waals surface area contributed by atoms with Gasteiger partial charge in [-0.15, -0.1) is 0 Å². The summed E-state index contributed by atoms with van der Waals surface area (Å²) in [6.45, 7) is 1.23. The summed E-state index contributed by atoms with van der Waals surface area (Å²) in [5.74, 6) is 0.202. The molecule has 2 fully saturated rings. The predicted octanol–water partition coefficient (Wildman–Crippen LogP) is 3.30. The standard InChI is InChI=1S/C20H22N2O4S/c1-26-16-10-8-15(9-11-16)6-5-7-17-19(24)22(20(25)27-17)14-18(23)21-12-3-2-4-13-21/h5-11H,2-4,12-14H2,1H3. The number of ether oxygens (including phenoxy) is 1. The predicted molar refractivity (Wildman–Crippen MR) is 105 cm³/mol. The molecule has 1 aromatic carbocycles. The van der Waals surface area contributed by atoms with Gasteiger partial charge in [0.2, 0.25) is 5.91 Å². The van der Waals surface area contributed by atoms with Crippen LogP contribution >= 0.6 is 11.8 Å². The van der Waals surface area contributed by atoms with E-state index in [0.29, 0.717) is 18.0 Å². The Morgan fingerprint density at radius 1 is 1.15 bits per heavy atom. The molecule has 27 heavy (non-hydrogen) atoms. The Bertz CT molecular complexity index is 780. The average Bonchev–Trinajstić information content (AvgIpc) is 2.96. The number of likely N-dealkylation sites (tertiary alicyclic amines) is 1. The number of carbonyl (C=O) groups is 3. The highest BCUT2D eigenvalue weighted by Gasteiger charge is 2.36. The normalized spacial score (nSPS) is 19.4. The van der Waals surface area contributed by atoms with E-state index in [1.807, 2.05) is 30.3 Å². The van der Waals surface area contributed by atoms with Crippen molar-refractivity contribution in [2.75, 3.05) is 26.7 Å². The molecule has 7 heteroatoms. The zero-order valence-corrected chi connectivity index (χ0v) is 16.0. The first kappa shape index (κ1) is 19.2. The number of benzene rings is 1. The lowest BCUT2D eigenvalue weighted by atomic mass is 10.1. The summed E-state index contributed by atoms with van der Waals surface area (Å²) in [5.41, 5.74) is 0.951. The van der Waals surface area contributed by atoms with Crippen LogP contribution in [-0.4, -0.2) is 53.6 Å². The van der Waals surface area contributed by atoms with Crippen LogP contribution in [0.1, 0.15) is 24.8 Å². The highest BCUT2D eigenvalue weighted by Crippen LogP contribution is 2.30. The van der Waals surface area contributed by atoms with Gasteiger partial charge in [0, 0.05) is 13.1 Å². The first-order chi connectivity index (χ1) is 13.1. The summed E-state index contributed by atoms with van der Waals surface area (Å²) in [5, 5.41) is -0.394. The quantitative estimate of drug-likeness (QED) is 0.727. The summed E-state index contributed by atoms with van der Waals surface area (Å²) >= 11 is 0.868. The summed E-state index contributed by atoms with van der Waals surface area (Å²) in [7, 11) is 1.61. The summed E-state index contributed by atoms with van der Waals surface area (Å²) in [4.78, 5) is 40.0. The Kier molecular flexibility index (Phi) is 6.34. The van der Waals surface area contributed by atoms with Crippen LogP contribution in [0.4, 0.5) is 4.79 Å². The lowest BCUT2D eigenvalue weighted by molar-refractivity contribution is -0.136. The van der Waals surface area contributed by atoms with Crippen molar-refractivity contribution >= 4 is 34.9 Å². The number of allylic oxidation sites excluding steroid dienone is 2. The zero-order chi connectivity index (χ0) is 19.2. The number of nitrogens with zero attached hydrogens (tertiary/aromatic N) is 2. The molecule has 2 aliphatic rings. The van der Waals surface area contributed by atoms with Gasteiger partial charge < -0.3 is 9.64 Å². The van der Waals surface area contributed by atoms with Crippen molar-refractivity contribution in [2.45, 2.75) is 19.3 Å². The Hall–Kier alpha value is -2.54. The van der Waals surface area contributed by atoms with E-state index in [1.54, 1.807) is 24.2 Å². The lowest BCUT2D eigenvalue weighted by Gasteiger charge is -2.27. The topological polar surface area (TPSA) is 66.9 Å². The van der Waals surface area contributed by atoms with Crippen LogP contribution in [0.3, 0.4) is 0 Å². The van der Waals surface area contributed by atoms with E-state index >= 15 is 0 Å². The van der Waals surface area contributed by atoms with Gasteiger partial charge >= 0.3 is 0 Å². The Labute approximate surface area is 162 Å². The fourth-order valence-electron chi connectivity index (χ4n) is 2.99. The van der Waals surface area contributed by atoms with E-state index in [0.717, 1.165) is 47.2 Å². The largest absolute Gasteiger partial charge is 0.497 e. The number of hydrogen-bond acceptors (Lipinski definition) is 5. The highest BCUT2D eigenvalue weighted by molar-refractivity contribution is 8.18. The molecule has 0 unspecified atom stereocenters. The third kappa shape index (κ3) is 4.80. The first-order valence-electron chi connectivity index (χ1n) is 8.92. The molecule has 0 N–H and O–H groups in total. The monoisotopic (exact) mass is 386 g/mol. The molecular weight excluding hydrogens is 364 g/mol. The summed E-state index contributed by atoms with van der Waals surface area (Å²) in [6, 6.07) is 7.48. The third-order valence-corrected chi connectivity index (χ3v) is 5.45. The van der Waals surface area contributed by atoms with Crippen molar-refractivity contribution in [1.29, 1.82) is 0 Å². The van der Waals surface area contributed by atoms with E-state index in [1.165, 1.54) is 0 Å². The van der Waals surface area contributed by atoms with E-state index < -0.39 is 11.1 Å². The van der Waals surface area contributed by atoms with E-state index in [4.69, 9.17) is 4.74 Å². The minimum Gasteiger partial charge on any atom is -0.497 e. The van der Waals surface area contributed by atoms with Gasteiger partial charge in [0.1, 0.15) is 12.3 Å². The van der Waals surface area contributed by atoms with Gasteiger partial charge in [0.15, 0.2) is 0 Å². The van der Waals surface area contributed by atoms with Crippen LogP contribution in [-0.2, 0) is 9.59 Å². The third-order valence-electron chi connectivity index (χ3n) is 4.53. The average molecular weight is 386 g/mol. The van der Waals surface area contributed by atoms with Gasteiger partial charge in [-0.2, -0.15) is 0 Å². The van der Waals surface area contributed by atoms with Crippen LogP contribution in [0.2, 0.25) is 0 Å². The molecule has 0 radical (unpaired) electrons. The molecule has 2 heterocycles. The first-order valence-corrected chi connectivity index (χ1v) is 9.74. The maximum absolute atomic E-state index is 12.5. The van der Waals surface area contributed by atoms with Crippen LogP contribution < -0.4 is 4.74 Å². The van der Waals surface area contributed by atoms with Crippen molar-refractivity contribution < 1.29 is 19.1 Å². The van der Waals surface area contributed by atoms with Crippen LogP contribution in [0, 0.1) is 0 Å². The maximum Gasteiger partial charge on any atom is 0.294 e. The van der Waals surface area contributed by atoms with Gasteiger partial charge in [-0.3, -0.25) is 19.3 Å². The van der Waals surface area contributed by atoms with E-state index in [9.17, 15) is 14.4 Å². The lowest BCUT2D eigenvalue weighted by Crippen LogP contribution is -2.44. The van der Waals surface area contributed by atoms with Gasteiger partial charge in [0.25, 0.3) is 11.1 Å². The molecule has 0 bridgehead atoms. The second-order valence-corrected chi connectivity index (χ2v) is 7.36. The van der Waals surface area contributed by atoms with Crippen molar-refractivity contribution in [3.8, 4) is 5.75 Å². The second kappa shape index (κ2) is 8.90. The minimum absolute atomic E-state index is 0.160. The maximum atomic E-state index is 12.5. The van der Waals surface area contributed by atoms with E-state index in [-0.39, 0.29) is 12.5 Å². The molecule has 0 spiro atoms. The Morgan fingerprint density at radius 3 is 2.52 bits per heavy atom. The number of thioether (sulfide) groups is 1. The summed E-state index contributed by atoms with van der Waals surface area (Å²) < 4.78 is 5.11.